The van der Waals surface area contributed by atoms with Gasteiger partial charge in [-0.15, -0.1) is 0 Å². The van der Waals surface area contributed by atoms with Crippen LogP contribution in [0.4, 0.5) is 0 Å². The molecule has 5 rings (SSSR count). The molecule has 34 heavy (non-hydrogen) atoms. The van der Waals surface area contributed by atoms with Crippen molar-refractivity contribution in [3.63, 3.8) is 0 Å². The Kier molecular flexibility index (Phi) is 5.67. The minimum Gasteiger partial charge on any atom is -0.497 e. The number of aliphatic hydroxyl groups excluding tert-OH is 1. The van der Waals surface area contributed by atoms with Gasteiger partial charge in [0, 0.05) is 31.0 Å². The SMILES string of the molecule is COc1ccc(C2C3C(CC(C)C4(Oc5c(Cl)c(OC)cc(OC)c5C4=O)C3O)NN2C)cc1. The number of ketones is 1. The number of hydrogen-bond acceptors (Lipinski definition) is 8. The van der Waals surface area contributed by atoms with Crippen LogP contribution in [0.25, 0.3) is 0 Å². The van der Waals surface area contributed by atoms with E-state index in [9.17, 15) is 9.90 Å². The molecule has 0 aromatic heterocycles. The van der Waals surface area contributed by atoms with Crippen LogP contribution in [0.1, 0.15) is 35.3 Å². The van der Waals surface area contributed by atoms with E-state index in [1.807, 2.05) is 43.2 Å². The van der Waals surface area contributed by atoms with Crippen molar-refractivity contribution in [2.45, 2.75) is 37.1 Å². The molecular formula is C25H29ClN2O6. The Bertz CT molecular complexity index is 1130. The maximum atomic E-state index is 14.0. The second-order valence-corrected chi connectivity index (χ2v) is 9.62. The van der Waals surface area contributed by atoms with E-state index < -0.39 is 11.7 Å². The first-order valence-corrected chi connectivity index (χ1v) is 11.7. The van der Waals surface area contributed by atoms with Gasteiger partial charge in [-0.05, 0) is 24.1 Å². The first kappa shape index (κ1) is 23.2. The standard InChI is InChI=1S/C25H29ClN2O6/c1-12-10-15-18(21(28(2)27-15)13-6-8-14(31-3)9-7-13)23(29)25(12)24(30)19-16(32-4)11-17(33-5)20(26)22(19)34-25/h6-9,11-12,15,18,21,23,27,29H,10H2,1-5H3. The van der Waals surface area contributed by atoms with Crippen molar-refractivity contribution in [3.8, 4) is 23.0 Å². The Morgan fingerprint density at radius 1 is 1.15 bits per heavy atom. The number of carbonyl (C=O) groups is 1. The molecule has 182 valence electrons. The van der Waals surface area contributed by atoms with Crippen LogP contribution in [0, 0.1) is 11.8 Å². The summed E-state index contributed by atoms with van der Waals surface area (Å²) in [6.45, 7) is 1.93. The molecule has 2 aromatic rings. The summed E-state index contributed by atoms with van der Waals surface area (Å²) < 4.78 is 22.5. The van der Waals surface area contributed by atoms with E-state index in [4.69, 9.17) is 30.5 Å². The lowest BCUT2D eigenvalue weighted by Gasteiger charge is -2.47. The summed E-state index contributed by atoms with van der Waals surface area (Å²) >= 11 is 6.56. The molecule has 2 aliphatic heterocycles. The van der Waals surface area contributed by atoms with E-state index >= 15 is 0 Å². The maximum Gasteiger partial charge on any atom is 0.216 e. The van der Waals surface area contributed by atoms with Crippen molar-refractivity contribution >= 4 is 17.4 Å². The molecule has 1 saturated carbocycles. The lowest BCUT2D eigenvalue weighted by molar-refractivity contribution is -0.111. The summed E-state index contributed by atoms with van der Waals surface area (Å²) in [5.41, 5.74) is 3.27. The highest BCUT2D eigenvalue weighted by Crippen LogP contribution is 2.57. The predicted octanol–water partition coefficient (Wildman–Crippen LogP) is 3.26. The highest BCUT2D eigenvalue weighted by Gasteiger charge is 2.66. The quantitative estimate of drug-likeness (QED) is 0.678. The first-order chi connectivity index (χ1) is 16.3. The third kappa shape index (κ3) is 3.05. The van der Waals surface area contributed by atoms with Gasteiger partial charge in [-0.25, -0.2) is 5.01 Å². The van der Waals surface area contributed by atoms with Gasteiger partial charge in [0.15, 0.2) is 5.75 Å². The molecule has 3 aliphatic rings. The first-order valence-electron chi connectivity index (χ1n) is 11.3. The second kappa shape index (κ2) is 8.30. The zero-order valence-corrected chi connectivity index (χ0v) is 20.6. The van der Waals surface area contributed by atoms with Crippen molar-refractivity contribution < 1.29 is 28.8 Å². The Balaban J connectivity index is 1.59. The van der Waals surface area contributed by atoms with Gasteiger partial charge in [0.25, 0.3) is 0 Å². The van der Waals surface area contributed by atoms with Crippen LogP contribution >= 0.6 is 11.6 Å². The van der Waals surface area contributed by atoms with Crippen LogP contribution in [0.15, 0.2) is 30.3 Å². The second-order valence-electron chi connectivity index (χ2n) is 9.25. The fourth-order valence-electron chi connectivity index (χ4n) is 6.03. The predicted molar refractivity (Wildman–Crippen MR) is 126 cm³/mol. The third-order valence-corrected chi connectivity index (χ3v) is 8.02. The van der Waals surface area contributed by atoms with E-state index in [0.29, 0.717) is 17.9 Å². The summed E-state index contributed by atoms with van der Waals surface area (Å²) in [5.74, 6) is 0.705. The Morgan fingerprint density at radius 2 is 1.82 bits per heavy atom. The number of halogens is 1. The lowest BCUT2D eigenvalue weighted by atomic mass is 9.63. The topological polar surface area (TPSA) is 89.5 Å². The normalized spacial score (nSPS) is 32.3. The molecule has 2 aromatic carbocycles. The summed E-state index contributed by atoms with van der Waals surface area (Å²) in [7, 11) is 6.54. The Labute approximate surface area is 203 Å². The Morgan fingerprint density at radius 3 is 2.44 bits per heavy atom. The van der Waals surface area contributed by atoms with E-state index in [-0.39, 0.29) is 46.0 Å². The summed E-state index contributed by atoms with van der Waals surface area (Å²) in [5, 5.41) is 14.1. The number of carbonyl (C=O) groups excluding carboxylic acids is 1. The number of nitrogens with zero attached hydrogens (tertiary/aromatic N) is 1. The third-order valence-electron chi connectivity index (χ3n) is 7.66. The highest BCUT2D eigenvalue weighted by molar-refractivity contribution is 6.35. The number of Topliss-reactive ketones (excluding diaryl/α,β-unsaturated/α-hetero) is 1. The van der Waals surface area contributed by atoms with Gasteiger partial charge in [-0.2, -0.15) is 0 Å². The average Bonchev–Trinajstić information content (AvgIpc) is 3.33. The average molecular weight is 489 g/mol. The van der Waals surface area contributed by atoms with Crippen LogP contribution in [0.2, 0.25) is 5.02 Å². The van der Waals surface area contributed by atoms with Crippen molar-refractivity contribution in [1.82, 2.24) is 10.4 Å². The number of rotatable bonds is 4. The lowest BCUT2D eigenvalue weighted by Crippen LogP contribution is -2.65. The van der Waals surface area contributed by atoms with Crippen LogP contribution in [0.3, 0.4) is 0 Å². The molecule has 6 atom stereocenters. The molecule has 2 heterocycles. The molecule has 1 saturated heterocycles. The molecule has 6 unspecified atom stereocenters. The van der Waals surface area contributed by atoms with Crippen molar-refractivity contribution in [2.24, 2.45) is 11.8 Å². The van der Waals surface area contributed by atoms with E-state index in [1.54, 1.807) is 13.2 Å². The summed E-state index contributed by atoms with van der Waals surface area (Å²) in [6.07, 6.45) is -0.465. The van der Waals surface area contributed by atoms with Crippen LogP contribution in [-0.2, 0) is 0 Å². The van der Waals surface area contributed by atoms with E-state index in [0.717, 1.165) is 11.3 Å². The van der Waals surface area contributed by atoms with Gasteiger partial charge in [-0.1, -0.05) is 30.7 Å². The summed E-state index contributed by atoms with van der Waals surface area (Å²) in [6, 6.07) is 9.13. The molecule has 0 radical (unpaired) electrons. The van der Waals surface area contributed by atoms with E-state index in [1.165, 1.54) is 14.2 Å². The number of hydrogen-bond donors (Lipinski definition) is 2. The number of benzene rings is 2. The highest BCUT2D eigenvalue weighted by atomic mass is 35.5. The van der Waals surface area contributed by atoms with Gasteiger partial charge >= 0.3 is 0 Å². The maximum absolute atomic E-state index is 14.0. The zero-order chi connectivity index (χ0) is 24.4. The number of hydrazine groups is 1. The van der Waals surface area contributed by atoms with Gasteiger partial charge in [0.1, 0.15) is 33.9 Å². The zero-order valence-electron chi connectivity index (χ0n) is 19.8. The molecule has 8 nitrogen and oxygen atoms in total. The fraction of sp³-hybridized carbons (Fsp3) is 0.480. The number of aliphatic hydroxyl groups is 1. The largest absolute Gasteiger partial charge is 0.497 e. The monoisotopic (exact) mass is 488 g/mol. The number of ether oxygens (including phenoxy) is 4. The molecule has 2 N–H and O–H groups in total. The molecule has 0 amide bonds. The molecule has 9 heteroatoms. The number of fused-ring (bicyclic) bond motifs is 2. The minimum absolute atomic E-state index is 0.0280. The van der Waals surface area contributed by atoms with Gasteiger partial charge < -0.3 is 24.1 Å². The summed E-state index contributed by atoms with van der Waals surface area (Å²) in [4.78, 5) is 14.0. The van der Waals surface area contributed by atoms with Crippen molar-refractivity contribution in [3.05, 3.63) is 46.5 Å². The van der Waals surface area contributed by atoms with Crippen LogP contribution in [0.5, 0.6) is 23.0 Å². The smallest absolute Gasteiger partial charge is 0.216 e. The van der Waals surface area contributed by atoms with Gasteiger partial charge in [0.2, 0.25) is 11.4 Å². The van der Waals surface area contributed by atoms with Gasteiger partial charge in [-0.3, -0.25) is 10.2 Å². The minimum atomic E-state index is -1.48. The van der Waals surface area contributed by atoms with Crippen molar-refractivity contribution in [2.75, 3.05) is 28.4 Å². The van der Waals surface area contributed by atoms with Crippen LogP contribution < -0.4 is 24.4 Å². The molecular weight excluding hydrogens is 460 g/mol. The van der Waals surface area contributed by atoms with E-state index in [2.05, 4.69) is 5.43 Å². The fourth-order valence-corrected chi connectivity index (χ4v) is 6.29. The number of nitrogens with one attached hydrogen (secondary N) is 1. The molecule has 2 fully saturated rings. The van der Waals surface area contributed by atoms with Crippen molar-refractivity contribution in [1.29, 1.82) is 0 Å². The van der Waals surface area contributed by atoms with Gasteiger partial charge in [0.05, 0.1) is 27.4 Å². The van der Waals surface area contributed by atoms with Crippen LogP contribution in [-0.4, -0.2) is 62.0 Å². The Hall–Kier alpha value is -2.52. The molecule has 1 aliphatic carbocycles. The number of methoxy groups -OCH3 is 3. The molecule has 1 spiro atoms. The molecule has 0 bridgehead atoms.